The quantitative estimate of drug-likeness (QED) is 0.429. The number of fused-ring (bicyclic) bond motifs is 2. The predicted molar refractivity (Wildman–Crippen MR) is 113 cm³/mol. The number of para-hydroxylation sites is 1. The Morgan fingerprint density at radius 2 is 1.82 bits per heavy atom. The molecule has 1 aliphatic heterocycles. The average molecular weight is 471 g/mol. The molecule has 2 aromatic heterocycles. The van der Waals surface area contributed by atoms with Gasteiger partial charge in [-0.15, -0.1) is 10.2 Å². The summed E-state index contributed by atoms with van der Waals surface area (Å²) in [6.07, 6.45) is -3.02. The third-order valence-electron chi connectivity index (χ3n) is 5.79. The fourth-order valence-corrected chi connectivity index (χ4v) is 4.14. The van der Waals surface area contributed by atoms with E-state index < -0.39 is 23.7 Å². The Labute approximate surface area is 189 Å². The van der Waals surface area contributed by atoms with Crippen LogP contribution in [0.25, 0.3) is 10.9 Å². The second-order valence-electron chi connectivity index (χ2n) is 7.96. The summed E-state index contributed by atoms with van der Waals surface area (Å²) in [4.78, 5) is 26.4. The average Bonchev–Trinajstić information content (AvgIpc) is 3.26. The van der Waals surface area contributed by atoms with E-state index in [1.807, 2.05) is 4.57 Å². The number of carbonyl (C=O) groups is 1. The number of carbonyl (C=O) groups excluding carboxylic acids is 1. The van der Waals surface area contributed by atoms with Gasteiger partial charge in [0.05, 0.1) is 17.6 Å². The van der Waals surface area contributed by atoms with Crippen LogP contribution in [0.5, 0.6) is 0 Å². The molecule has 0 atom stereocenters. The van der Waals surface area contributed by atoms with Gasteiger partial charge in [-0.05, 0) is 29.8 Å². The fraction of sp³-hybridized carbons (Fsp3) is 0.217. The molecule has 1 aliphatic rings. The maximum atomic E-state index is 14.6. The van der Waals surface area contributed by atoms with Crippen LogP contribution < -0.4 is 5.43 Å². The number of hydrogen-bond acceptors (Lipinski definition) is 4. The van der Waals surface area contributed by atoms with E-state index in [4.69, 9.17) is 0 Å². The van der Waals surface area contributed by atoms with Crippen LogP contribution in [0.4, 0.5) is 17.6 Å². The molecule has 2 aromatic carbocycles. The molecule has 174 valence electrons. The monoisotopic (exact) mass is 471 g/mol. The molecular weight excluding hydrogens is 454 g/mol. The number of benzene rings is 2. The van der Waals surface area contributed by atoms with E-state index in [0.717, 1.165) is 4.57 Å². The molecule has 0 saturated heterocycles. The van der Waals surface area contributed by atoms with Crippen molar-refractivity contribution in [2.24, 2.45) is 0 Å². The first-order valence-corrected chi connectivity index (χ1v) is 10.4. The fourth-order valence-electron chi connectivity index (χ4n) is 4.14. The minimum Gasteiger partial charge on any atom is -0.343 e. The highest BCUT2D eigenvalue weighted by atomic mass is 19.4. The van der Waals surface area contributed by atoms with Gasteiger partial charge >= 0.3 is 6.18 Å². The second kappa shape index (κ2) is 8.08. The number of halogens is 4. The van der Waals surface area contributed by atoms with E-state index in [1.165, 1.54) is 23.1 Å². The zero-order valence-electron chi connectivity index (χ0n) is 17.6. The standard InChI is InChI=1S/C23H17F4N5O2/c24-17-6-5-14(12-30-8-7-19(33)15-3-1-2-4-18(15)30)11-16(17)21(34)31-9-10-32-20(13-31)28-29-22(32)23(25,26)27/h1-8,11H,9-10,12-13H2. The lowest BCUT2D eigenvalue weighted by Gasteiger charge is -2.28. The van der Waals surface area contributed by atoms with Crippen molar-refractivity contribution in [3.05, 3.63) is 93.5 Å². The molecule has 5 rings (SSSR count). The number of nitrogens with zero attached hydrogens (tertiary/aromatic N) is 5. The van der Waals surface area contributed by atoms with Gasteiger partial charge < -0.3 is 14.0 Å². The first kappa shape index (κ1) is 21.8. The summed E-state index contributed by atoms with van der Waals surface area (Å²) in [6, 6.07) is 12.7. The van der Waals surface area contributed by atoms with Gasteiger partial charge in [-0.25, -0.2) is 4.39 Å². The largest absolute Gasteiger partial charge is 0.451 e. The van der Waals surface area contributed by atoms with E-state index in [1.54, 1.807) is 36.5 Å². The molecule has 0 aliphatic carbocycles. The Morgan fingerprint density at radius 1 is 1.03 bits per heavy atom. The molecule has 0 fully saturated rings. The third kappa shape index (κ3) is 3.82. The molecule has 0 bridgehead atoms. The van der Waals surface area contributed by atoms with Crippen LogP contribution >= 0.6 is 0 Å². The van der Waals surface area contributed by atoms with Gasteiger partial charge in [0.1, 0.15) is 5.82 Å². The van der Waals surface area contributed by atoms with Crippen LogP contribution in [0, 0.1) is 5.82 Å². The van der Waals surface area contributed by atoms with E-state index in [0.29, 0.717) is 16.5 Å². The molecule has 4 aromatic rings. The van der Waals surface area contributed by atoms with Gasteiger partial charge in [0.15, 0.2) is 11.3 Å². The summed E-state index contributed by atoms with van der Waals surface area (Å²) in [6.45, 7) is -0.116. The molecule has 1 amide bonds. The van der Waals surface area contributed by atoms with Crippen molar-refractivity contribution in [1.82, 2.24) is 24.2 Å². The normalized spacial score (nSPS) is 13.8. The number of aromatic nitrogens is 4. The van der Waals surface area contributed by atoms with Gasteiger partial charge in [0.25, 0.3) is 5.91 Å². The number of alkyl halides is 3. The molecule has 0 radical (unpaired) electrons. The van der Waals surface area contributed by atoms with Crippen molar-refractivity contribution < 1.29 is 22.4 Å². The predicted octanol–water partition coefficient (Wildman–Crippen LogP) is 3.46. The maximum Gasteiger partial charge on any atom is 0.451 e. The number of amides is 1. The van der Waals surface area contributed by atoms with Crippen molar-refractivity contribution in [2.45, 2.75) is 25.8 Å². The van der Waals surface area contributed by atoms with Crippen LogP contribution in [-0.4, -0.2) is 36.7 Å². The van der Waals surface area contributed by atoms with Crippen molar-refractivity contribution in [3.8, 4) is 0 Å². The van der Waals surface area contributed by atoms with E-state index >= 15 is 0 Å². The van der Waals surface area contributed by atoms with Crippen LogP contribution in [0.15, 0.2) is 59.5 Å². The topological polar surface area (TPSA) is 73.0 Å². The zero-order valence-corrected chi connectivity index (χ0v) is 17.6. The number of rotatable bonds is 3. The van der Waals surface area contributed by atoms with Crippen molar-refractivity contribution in [1.29, 1.82) is 0 Å². The van der Waals surface area contributed by atoms with Gasteiger partial charge in [-0.3, -0.25) is 9.59 Å². The summed E-state index contributed by atoms with van der Waals surface area (Å²) in [5, 5.41) is 7.29. The summed E-state index contributed by atoms with van der Waals surface area (Å²) < 4.78 is 56.5. The third-order valence-corrected chi connectivity index (χ3v) is 5.79. The lowest BCUT2D eigenvalue weighted by atomic mass is 10.1. The SMILES string of the molecule is O=C(c1cc(Cn2ccc(=O)c3ccccc32)ccc1F)N1CCn2c(nnc2C(F)(F)F)C1. The van der Waals surface area contributed by atoms with Gasteiger partial charge in [0, 0.05) is 37.3 Å². The smallest absolute Gasteiger partial charge is 0.343 e. The Hall–Kier alpha value is -4.02. The summed E-state index contributed by atoms with van der Waals surface area (Å²) in [7, 11) is 0. The summed E-state index contributed by atoms with van der Waals surface area (Å²) >= 11 is 0. The maximum absolute atomic E-state index is 14.6. The first-order chi connectivity index (χ1) is 16.2. The van der Waals surface area contributed by atoms with Crippen LogP contribution in [0.1, 0.15) is 27.6 Å². The molecule has 0 spiro atoms. The molecular formula is C23H17F4N5O2. The Morgan fingerprint density at radius 3 is 2.62 bits per heavy atom. The summed E-state index contributed by atoms with van der Waals surface area (Å²) in [5.41, 5.74) is 1.02. The Balaban J connectivity index is 1.42. The molecule has 7 nitrogen and oxygen atoms in total. The lowest BCUT2D eigenvalue weighted by molar-refractivity contribution is -0.147. The first-order valence-electron chi connectivity index (χ1n) is 10.4. The van der Waals surface area contributed by atoms with Crippen molar-refractivity contribution in [2.75, 3.05) is 6.54 Å². The van der Waals surface area contributed by atoms with Crippen molar-refractivity contribution in [3.63, 3.8) is 0 Å². The van der Waals surface area contributed by atoms with E-state index in [9.17, 15) is 27.2 Å². The van der Waals surface area contributed by atoms with Gasteiger partial charge in [-0.1, -0.05) is 18.2 Å². The van der Waals surface area contributed by atoms with E-state index in [-0.39, 0.29) is 43.0 Å². The minimum absolute atomic E-state index is 0.0109. The number of pyridine rings is 1. The lowest BCUT2D eigenvalue weighted by Crippen LogP contribution is -2.39. The molecule has 0 saturated carbocycles. The van der Waals surface area contributed by atoms with Crippen LogP contribution in [0.3, 0.4) is 0 Å². The van der Waals surface area contributed by atoms with Crippen molar-refractivity contribution >= 4 is 16.8 Å². The molecule has 0 N–H and O–H groups in total. The molecule has 34 heavy (non-hydrogen) atoms. The highest BCUT2D eigenvalue weighted by Crippen LogP contribution is 2.30. The molecule has 0 unspecified atom stereocenters. The Bertz CT molecular complexity index is 1470. The van der Waals surface area contributed by atoms with E-state index in [2.05, 4.69) is 10.2 Å². The summed E-state index contributed by atoms with van der Waals surface area (Å²) in [5.74, 6) is -2.51. The Kier molecular flexibility index (Phi) is 5.18. The van der Waals surface area contributed by atoms with Gasteiger partial charge in [0.2, 0.25) is 5.82 Å². The number of hydrogen-bond donors (Lipinski definition) is 0. The highest BCUT2D eigenvalue weighted by Gasteiger charge is 2.40. The highest BCUT2D eigenvalue weighted by molar-refractivity contribution is 5.94. The minimum atomic E-state index is -4.65. The molecule has 11 heteroatoms. The van der Waals surface area contributed by atoms with Crippen LogP contribution in [-0.2, 0) is 25.8 Å². The zero-order chi connectivity index (χ0) is 24.0. The van der Waals surface area contributed by atoms with Gasteiger partial charge in [-0.2, -0.15) is 13.2 Å². The van der Waals surface area contributed by atoms with Crippen LogP contribution in [0.2, 0.25) is 0 Å². The molecule has 3 heterocycles. The second-order valence-corrected chi connectivity index (χ2v) is 7.96.